The highest BCUT2D eigenvalue weighted by atomic mass is 35.5. The van der Waals surface area contributed by atoms with Gasteiger partial charge in [0.25, 0.3) is 0 Å². The first kappa shape index (κ1) is 14.4. The Labute approximate surface area is 119 Å². The lowest BCUT2D eigenvalue weighted by Gasteiger charge is -2.12. The molecule has 0 bridgehead atoms. The third-order valence-electron chi connectivity index (χ3n) is 3.37. The van der Waals surface area contributed by atoms with Gasteiger partial charge in [-0.2, -0.15) is 0 Å². The number of fused-ring (bicyclic) bond motifs is 1. The van der Waals surface area contributed by atoms with Gasteiger partial charge in [0, 0.05) is 34.8 Å². The van der Waals surface area contributed by atoms with Crippen LogP contribution >= 0.6 is 11.6 Å². The summed E-state index contributed by atoms with van der Waals surface area (Å²) in [5, 5.41) is 5.47. The maximum absolute atomic E-state index is 6.08. The molecule has 1 aromatic heterocycles. The van der Waals surface area contributed by atoms with E-state index in [0.29, 0.717) is 6.04 Å². The SMILES string of the molecule is COC[C@@H](C)NCCc1c(C)[nH]c2ccc(Cl)cc12. The number of nitrogens with one attached hydrogen (secondary N) is 2. The third-order valence-corrected chi connectivity index (χ3v) is 3.60. The van der Waals surface area contributed by atoms with Gasteiger partial charge in [-0.15, -0.1) is 0 Å². The van der Waals surface area contributed by atoms with Crippen LogP contribution in [-0.2, 0) is 11.2 Å². The Bertz CT molecular complexity index is 550. The first-order chi connectivity index (χ1) is 9.11. The van der Waals surface area contributed by atoms with E-state index in [2.05, 4.69) is 24.1 Å². The van der Waals surface area contributed by atoms with Crippen molar-refractivity contribution >= 4 is 22.5 Å². The van der Waals surface area contributed by atoms with Crippen LogP contribution in [0.1, 0.15) is 18.2 Å². The lowest BCUT2D eigenvalue weighted by molar-refractivity contribution is 0.172. The van der Waals surface area contributed by atoms with Gasteiger partial charge < -0.3 is 15.0 Å². The molecule has 0 aliphatic rings. The van der Waals surface area contributed by atoms with E-state index in [4.69, 9.17) is 16.3 Å². The van der Waals surface area contributed by atoms with E-state index in [1.165, 1.54) is 16.6 Å². The van der Waals surface area contributed by atoms with Gasteiger partial charge in [0.2, 0.25) is 0 Å². The Morgan fingerprint density at radius 3 is 2.95 bits per heavy atom. The molecule has 2 rings (SSSR count). The number of halogens is 1. The van der Waals surface area contributed by atoms with Crippen LogP contribution in [0.2, 0.25) is 5.02 Å². The molecule has 3 nitrogen and oxygen atoms in total. The van der Waals surface area contributed by atoms with Crippen molar-refractivity contribution in [1.29, 1.82) is 0 Å². The molecule has 1 aromatic carbocycles. The van der Waals surface area contributed by atoms with Crippen LogP contribution in [0.3, 0.4) is 0 Å². The topological polar surface area (TPSA) is 37.0 Å². The lowest BCUT2D eigenvalue weighted by atomic mass is 10.1. The Morgan fingerprint density at radius 1 is 1.42 bits per heavy atom. The van der Waals surface area contributed by atoms with Crippen LogP contribution in [0.15, 0.2) is 18.2 Å². The Kier molecular flexibility index (Phi) is 4.86. The van der Waals surface area contributed by atoms with Gasteiger partial charge in [-0.25, -0.2) is 0 Å². The molecule has 0 saturated heterocycles. The van der Waals surface area contributed by atoms with Gasteiger partial charge >= 0.3 is 0 Å². The predicted molar refractivity (Wildman–Crippen MR) is 81.1 cm³/mol. The van der Waals surface area contributed by atoms with Crippen LogP contribution in [0.4, 0.5) is 0 Å². The van der Waals surface area contributed by atoms with Crippen molar-refractivity contribution in [2.24, 2.45) is 0 Å². The second kappa shape index (κ2) is 6.42. The van der Waals surface area contributed by atoms with E-state index in [9.17, 15) is 0 Å². The van der Waals surface area contributed by atoms with Crippen LogP contribution in [0, 0.1) is 6.92 Å². The summed E-state index contributed by atoms with van der Waals surface area (Å²) < 4.78 is 5.11. The highest BCUT2D eigenvalue weighted by Gasteiger charge is 2.09. The van der Waals surface area contributed by atoms with Gasteiger partial charge in [0.05, 0.1) is 6.61 Å². The molecule has 0 amide bonds. The number of hydrogen-bond donors (Lipinski definition) is 2. The Balaban J connectivity index is 2.07. The van der Waals surface area contributed by atoms with Crippen molar-refractivity contribution in [2.45, 2.75) is 26.3 Å². The Morgan fingerprint density at radius 2 is 2.21 bits per heavy atom. The molecule has 0 unspecified atom stereocenters. The van der Waals surface area contributed by atoms with E-state index in [1.54, 1.807) is 7.11 Å². The van der Waals surface area contributed by atoms with Crippen molar-refractivity contribution in [1.82, 2.24) is 10.3 Å². The van der Waals surface area contributed by atoms with Crippen LogP contribution < -0.4 is 5.32 Å². The lowest BCUT2D eigenvalue weighted by Crippen LogP contribution is -2.31. The third kappa shape index (κ3) is 3.50. The molecule has 0 aliphatic heterocycles. The van der Waals surface area contributed by atoms with Crippen molar-refractivity contribution in [3.8, 4) is 0 Å². The smallest absolute Gasteiger partial charge is 0.0613 e. The van der Waals surface area contributed by atoms with E-state index in [1.807, 2.05) is 18.2 Å². The largest absolute Gasteiger partial charge is 0.383 e. The summed E-state index contributed by atoms with van der Waals surface area (Å²) in [6, 6.07) is 6.37. The highest BCUT2D eigenvalue weighted by molar-refractivity contribution is 6.31. The van der Waals surface area contributed by atoms with Gasteiger partial charge in [0.15, 0.2) is 0 Å². The standard InChI is InChI=1S/C15H21ClN2O/c1-10(9-19-3)17-7-6-13-11(2)18-15-5-4-12(16)8-14(13)15/h4-5,8,10,17-18H,6-7,9H2,1-3H3/t10-/m1/s1. The summed E-state index contributed by atoms with van der Waals surface area (Å²) in [6.45, 7) is 5.91. The number of aromatic nitrogens is 1. The molecular formula is C15H21ClN2O. The summed E-state index contributed by atoms with van der Waals surface area (Å²) in [4.78, 5) is 3.41. The summed E-state index contributed by atoms with van der Waals surface area (Å²) in [5.74, 6) is 0. The average Bonchev–Trinajstić information content (AvgIpc) is 2.66. The van der Waals surface area contributed by atoms with Crippen molar-refractivity contribution in [3.05, 3.63) is 34.5 Å². The molecule has 1 atom stereocenters. The Hall–Kier alpha value is -1.03. The van der Waals surface area contributed by atoms with Gasteiger partial charge in [-0.05, 0) is 50.6 Å². The van der Waals surface area contributed by atoms with Crippen molar-refractivity contribution < 1.29 is 4.74 Å². The number of rotatable bonds is 6. The summed E-state index contributed by atoms with van der Waals surface area (Å²) in [7, 11) is 1.73. The number of benzene rings is 1. The monoisotopic (exact) mass is 280 g/mol. The minimum absolute atomic E-state index is 0.374. The molecule has 4 heteroatoms. The summed E-state index contributed by atoms with van der Waals surface area (Å²) in [5.41, 5.74) is 3.72. The molecule has 19 heavy (non-hydrogen) atoms. The minimum atomic E-state index is 0.374. The van der Waals surface area contributed by atoms with Gasteiger partial charge in [0.1, 0.15) is 0 Å². The number of aryl methyl sites for hydroxylation is 1. The molecule has 0 radical (unpaired) electrons. The number of aromatic amines is 1. The molecule has 1 heterocycles. The maximum Gasteiger partial charge on any atom is 0.0613 e. The van der Waals surface area contributed by atoms with E-state index in [-0.39, 0.29) is 0 Å². The fourth-order valence-electron chi connectivity index (χ4n) is 2.43. The average molecular weight is 281 g/mol. The first-order valence-corrected chi connectivity index (χ1v) is 6.98. The molecule has 2 N–H and O–H groups in total. The zero-order chi connectivity index (χ0) is 13.8. The maximum atomic E-state index is 6.08. The number of ether oxygens (including phenoxy) is 1. The van der Waals surface area contributed by atoms with Gasteiger partial charge in [-0.1, -0.05) is 11.6 Å². The number of hydrogen-bond acceptors (Lipinski definition) is 2. The number of H-pyrrole nitrogens is 1. The molecule has 2 aromatic rings. The number of methoxy groups -OCH3 is 1. The normalized spacial score (nSPS) is 13.1. The van der Waals surface area contributed by atoms with Crippen LogP contribution in [0.5, 0.6) is 0 Å². The second-order valence-electron chi connectivity index (χ2n) is 4.98. The fourth-order valence-corrected chi connectivity index (χ4v) is 2.60. The quantitative estimate of drug-likeness (QED) is 0.852. The molecule has 0 aliphatic carbocycles. The zero-order valence-electron chi connectivity index (χ0n) is 11.7. The zero-order valence-corrected chi connectivity index (χ0v) is 12.5. The highest BCUT2D eigenvalue weighted by Crippen LogP contribution is 2.25. The summed E-state index contributed by atoms with van der Waals surface area (Å²) >= 11 is 6.08. The predicted octanol–water partition coefficient (Wildman–Crippen LogP) is 3.30. The van der Waals surface area contributed by atoms with E-state index >= 15 is 0 Å². The van der Waals surface area contributed by atoms with Crippen LogP contribution in [-0.4, -0.2) is 31.3 Å². The van der Waals surface area contributed by atoms with E-state index in [0.717, 1.165) is 30.1 Å². The molecule has 0 spiro atoms. The molecule has 0 saturated carbocycles. The van der Waals surface area contributed by atoms with E-state index < -0.39 is 0 Å². The van der Waals surface area contributed by atoms with Crippen LogP contribution in [0.25, 0.3) is 10.9 Å². The summed E-state index contributed by atoms with van der Waals surface area (Å²) in [6.07, 6.45) is 0.986. The first-order valence-electron chi connectivity index (χ1n) is 6.61. The second-order valence-corrected chi connectivity index (χ2v) is 5.42. The van der Waals surface area contributed by atoms with Crippen molar-refractivity contribution in [2.75, 3.05) is 20.3 Å². The fraction of sp³-hybridized carbons (Fsp3) is 0.467. The van der Waals surface area contributed by atoms with Crippen molar-refractivity contribution in [3.63, 3.8) is 0 Å². The molecular weight excluding hydrogens is 260 g/mol. The minimum Gasteiger partial charge on any atom is -0.383 e. The van der Waals surface area contributed by atoms with Gasteiger partial charge in [-0.3, -0.25) is 0 Å². The molecule has 104 valence electrons. The molecule has 0 fully saturated rings.